The normalized spacial score (nSPS) is 11.4. The summed E-state index contributed by atoms with van der Waals surface area (Å²) in [5.41, 5.74) is 2.03. The molecular formula is C18H16N2O3S. The van der Waals surface area contributed by atoms with E-state index in [2.05, 4.69) is 4.98 Å². The van der Waals surface area contributed by atoms with E-state index in [0.29, 0.717) is 22.6 Å². The van der Waals surface area contributed by atoms with Crippen LogP contribution < -0.4 is 5.56 Å². The highest BCUT2D eigenvalue weighted by atomic mass is 32.1. The number of fused-ring (bicyclic) bond motifs is 1. The van der Waals surface area contributed by atoms with Crippen molar-refractivity contribution in [1.82, 2.24) is 9.38 Å². The first-order chi connectivity index (χ1) is 11.6. The predicted molar refractivity (Wildman–Crippen MR) is 95.7 cm³/mol. The fourth-order valence-corrected chi connectivity index (χ4v) is 3.28. The third kappa shape index (κ3) is 3.14. The van der Waals surface area contributed by atoms with Crippen LogP contribution in [-0.2, 0) is 6.42 Å². The average Bonchev–Trinajstić information content (AvgIpc) is 3.01. The third-order valence-electron chi connectivity index (χ3n) is 3.60. The summed E-state index contributed by atoms with van der Waals surface area (Å²) >= 11 is 1.00. The van der Waals surface area contributed by atoms with Crippen molar-refractivity contribution < 1.29 is 9.90 Å². The number of aromatic carboxylic acids is 1. The fraction of sp³-hybridized carbons (Fsp3) is 0.167. The molecule has 0 aliphatic rings. The smallest absolute Gasteiger partial charge is 0.347 e. The Kier molecular flexibility index (Phi) is 4.57. The van der Waals surface area contributed by atoms with Gasteiger partial charge < -0.3 is 5.11 Å². The summed E-state index contributed by atoms with van der Waals surface area (Å²) in [7, 11) is 0. The van der Waals surface area contributed by atoms with Crippen LogP contribution in [-0.4, -0.2) is 20.5 Å². The molecule has 3 rings (SSSR count). The van der Waals surface area contributed by atoms with E-state index in [1.807, 2.05) is 49.4 Å². The van der Waals surface area contributed by atoms with Crippen molar-refractivity contribution in [2.45, 2.75) is 19.8 Å². The van der Waals surface area contributed by atoms with E-state index >= 15 is 0 Å². The van der Waals surface area contributed by atoms with Gasteiger partial charge in [-0.3, -0.25) is 9.20 Å². The van der Waals surface area contributed by atoms with Gasteiger partial charge in [-0.2, -0.15) is 0 Å². The zero-order chi connectivity index (χ0) is 17.1. The van der Waals surface area contributed by atoms with Crippen molar-refractivity contribution in [3.63, 3.8) is 0 Å². The van der Waals surface area contributed by atoms with Crippen LogP contribution in [0.4, 0.5) is 0 Å². The molecule has 1 N–H and O–H groups in total. The lowest BCUT2D eigenvalue weighted by molar-refractivity contribution is 0.0701. The van der Waals surface area contributed by atoms with Crippen molar-refractivity contribution in [3.05, 3.63) is 68.6 Å². The van der Waals surface area contributed by atoms with E-state index in [-0.39, 0.29) is 10.4 Å². The van der Waals surface area contributed by atoms with Crippen molar-refractivity contribution in [2.75, 3.05) is 0 Å². The van der Waals surface area contributed by atoms with E-state index in [0.717, 1.165) is 23.3 Å². The van der Waals surface area contributed by atoms with Gasteiger partial charge in [0.25, 0.3) is 5.56 Å². The molecule has 2 aromatic heterocycles. The Labute approximate surface area is 142 Å². The molecule has 2 heterocycles. The second kappa shape index (κ2) is 6.80. The number of carbonyl (C=O) groups is 1. The number of carboxylic acid groups (broad SMARTS) is 1. The first-order valence-corrected chi connectivity index (χ1v) is 8.43. The van der Waals surface area contributed by atoms with Crippen LogP contribution in [0, 0.1) is 0 Å². The Hall–Kier alpha value is -2.73. The van der Waals surface area contributed by atoms with Gasteiger partial charge in [-0.1, -0.05) is 61.1 Å². The van der Waals surface area contributed by atoms with Gasteiger partial charge in [0.2, 0.25) is 0 Å². The molecule has 0 saturated heterocycles. The van der Waals surface area contributed by atoms with Crippen LogP contribution in [0.2, 0.25) is 0 Å². The molecule has 0 unspecified atom stereocenters. The number of rotatable bonds is 5. The van der Waals surface area contributed by atoms with Crippen molar-refractivity contribution in [2.24, 2.45) is 0 Å². The molecule has 122 valence electrons. The molecule has 5 nitrogen and oxygen atoms in total. The lowest BCUT2D eigenvalue weighted by Gasteiger charge is -2.04. The van der Waals surface area contributed by atoms with Gasteiger partial charge >= 0.3 is 5.97 Å². The topological polar surface area (TPSA) is 71.7 Å². The summed E-state index contributed by atoms with van der Waals surface area (Å²) in [6, 6.07) is 9.76. The van der Waals surface area contributed by atoms with Crippen molar-refractivity contribution >= 4 is 34.4 Å². The average molecular weight is 340 g/mol. The zero-order valence-electron chi connectivity index (χ0n) is 13.1. The summed E-state index contributed by atoms with van der Waals surface area (Å²) in [4.78, 5) is 28.8. The molecular weight excluding hydrogens is 324 g/mol. The summed E-state index contributed by atoms with van der Waals surface area (Å²) in [6.07, 6.45) is 6.49. The van der Waals surface area contributed by atoms with E-state index in [1.165, 1.54) is 10.6 Å². The number of nitrogens with zero attached hydrogens (tertiary/aromatic N) is 2. The molecule has 1 aromatic carbocycles. The molecule has 0 aliphatic heterocycles. The Bertz CT molecular complexity index is 971. The molecule has 0 bridgehead atoms. The molecule has 6 heteroatoms. The highest BCUT2D eigenvalue weighted by Gasteiger charge is 2.15. The highest BCUT2D eigenvalue weighted by molar-refractivity contribution is 7.18. The molecule has 0 radical (unpaired) electrons. The summed E-state index contributed by atoms with van der Waals surface area (Å²) < 4.78 is 1.33. The first kappa shape index (κ1) is 16.1. The van der Waals surface area contributed by atoms with Crippen molar-refractivity contribution in [1.29, 1.82) is 0 Å². The van der Waals surface area contributed by atoms with Crippen LogP contribution in [0.1, 0.15) is 39.8 Å². The molecule has 3 aromatic rings. The molecule has 0 saturated carbocycles. The van der Waals surface area contributed by atoms with Crippen molar-refractivity contribution in [3.8, 4) is 0 Å². The maximum atomic E-state index is 12.7. The Morgan fingerprint density at radius 1 is 1.29 bits per heavy atom. The number of thiazole rings is 1. The first-order valence-electron chi connectivity index (χ1n) is 7.61. The molecule has 0 fully saturated rings. The quantitative estimate of drug-likeness (QED) is 0.770. The van der Waals surface area contributed by atoms with Gasteiger partial charge in [0.15, 0.2) is 4.96 Å². The maximum absolute atomic E-state index is 12.7. The van der Waals surface area contributed by atoms with Crippen LogP contribution in [0.25, 0.3) is 17.1 Å². The van der Waals surface area contributed by atoms with Gasteiger partial charge in [-0.05, 0) is 18.1 Å². The van der Waals surface area contributed by atoms with Gasteiger partial charge in [0.05, 0.1) is 5.69 Å². The minimum absolute atomic E-state index is 0.103. The highest BCUT2D eigenvalue weighted by Crippen LogP contribution is 2.18. The Morgan fingerprint density at radius 2 is 2.04 bits per heavy atom. The van der Waals surface area contributed by atoms with E-state index in [4.69, 9.17) is 5.11 Å². The minimum atomic E-state index is -1.05. The molecule has 0 atom stereocenters. The van der Waals surface area contributed by atoms with E-state index in [1.54, 1.807) is 0 Å². The molecule has 24 heavy (non-hydrogen) atoms. The SMILES string of the molecule is CCCc1c(C=Cc2ccccc2)nc2sc(C(=O)O)cn2c1=O. The standard InChI is InChI=1S/C18H16N2O3S/c1-2-6-13-14(10-9-12-7-4-3-5-8-12)19-18-20(16(13)21)11-15(24-18)17(22)23/h3-5,7-11H,2,6H2,1H3,(H,22,23). The number of aromatic nitrogens is 2. The lowest BCUT2D eigenvalue weighted by atomic mass is 10.1. The summed E-state index contributed by atoms with van der Waals surface area (Å²) in [6.45, 7) is 2.00. The Morgan fingerprint density at radius 3 is 2.71 bits per heavy atom. The zero-order valence-corrected chi connectivity index (χ0v) is 13.9. The third-order valence-corrected chi connectivity index (χ3v) is 4.57. The van der Waals surface area contributed by atoms with Crippen LogP contribution >= 0.6 is 11.3 Å². The number of hydrogen-bond acceptors (Lipinski definition) is 4. The van der Waals surface area contributed by atoms with Gasteiger partial charge in [0.1, 0.15) is 4.88 Å². The molecule has 0 spiro atoms. The Balaban J connectivity index is 2.14. The predicted octanol–water partition coefficient (Wildman–Crippen LogP) is 3.58. The number of hydrogen-bond donors (Lipinski definition) is 1. The second-order valence-electron chi connectivity index (χ2n) is 5.33. The van der Waals surface area contributed by atoms with Gasteiger partial charge in [-0.15, -0.1) is 0 Å². The van der Waals surface area contributed by atoms with Crippen LogP contribution in [0.15, 0.2) is 41.3 Å². The summed E-state index contributed by atoms with van der Waals surface area (Å²) in [5.74, 6) is -1.05. The monoisotopic (exact) mass is 340 g/mol. The number of benzene rings is 1. The largest absolute Gasteiger partial charge is 0.477 e. The minimum Gasteiger partial charge on any atom is -0.477 e. The number of carboxylic acids is 1. The molecule has 0 aliphatic carbocycles. The van der Waals surface area contributed by atoms with Crippen LogP contribution in [0.5, 0.6) is 0 Å². The van der Waals surface area contributed by atoms with E-state index < -0.39 is 5.97 Å². The lowest BCUT2D eigenvalue weighted by Crippen LogP contribution is -2.20. The van der Waals surface area contributed by atoms with Gasteiger partial charge in [-0.25, -0.2) is 9.78 Å². The molecule has 0 amide bonds. The second-order valence-corrected chi connectivity index (χ2v) is 6.34. The van der Waals surface area contributed by atoms with Crippen LogP contribution in [0.3, 0.4) is 0 Å². The fourth-order valence-electron chi connectivity index (χ4n) is 2.46. The summed E-state index contributed by atoms with van der Waals surface area (Å²) in [5, 5.41) is 9.12. The van der Waals surface area contributed by atoms with E-state index in [9.17, 15) is 9.59 Å². The van der Waals surface area contributed by atoms with Gasteiger partial charge in [0, 0.05) is 11.8 Å². The maximum Gasteiger partial charge on any atom is 0.347 e.